The summed E-state index contributed by atoms with van der Waals surface area (Å²) in [5, 5.41) is 0.436. The molecule has 0 saturated heterocycles. The van der Waals surface area contributed by atoms with Crippen molar-refractivity contribution in [2.24, 2.45) is 5.92 Å². The largest absolute Gasteiger partial charge is 0.489 e. The molecule has 1 aromatic heterocycles. The third-order valence-electron chi connectivity index (χ3n) is 10.1. The van der Waals surface area contributed by atoms with Gasteiger partial charge >= 0.3 is 23.5 Å². The highest BCUT2D eigenvalue weighted by molar-refractivity contribution is 9.11. The van der Waals surface area contributed by atoms with Crippen molar-refractivity contribution in [2.45, 2.75) is 77.5 Å². The minimum atomic E-state index is -1.33. The molecule has 0 radical (unpaired) electrons. The van der Waals surface area contributed by atoms with E-state index >= 15 is 0 Å². The standard InChI is InChI=1S/C43H37Br3O10/c1-6-7-26-20-30(47)52-35-31(26)37-33(36-32(35)34(21(2)22(3)51-36)53-40(48)23-8-14-27(44)15-9-23)38(54-41(49)24-10-16-28(45)17-11-24)39(43(4,5)56-37)55-42(50)25-12-18-29(46)19-13-25/h8-22,34,38-39H,6-7H2,1-5H3/t21-,22-,34-,38+,39+/m0/s1. The topological polar surface area (TPSA) is 128 Å². The number of ether oxygens (including phenoxy) is 5. The third kappa shape index (κ3) is 7.65. The highest BCUT2D eigenvalue weighted by Gasteiger charge is 2.54. The lowest BCUT2D eigenvalue weighted by Crippen LogP contribution is -2.52. The van der Waals surface area contributed by atoms with E-state index in [1.165, 1.54) is 6.07 Å². The van der Waals surface area contributed by atoms with Gasteiger partial charge in [-0.1, -0.05) is 68.1 Å². The Morgan fingerprint density at radius 3 is 1.68 bits per heavy atom. The van der Waals surface area contributed by atoms with E-state index in [0.717, 1.165) is 13.4 Å². The second-order valence-electron chi connectivity index (χ2n) is 14.4. The molecule has 56 heavy (non-hydrogen) atoms. The zero-order valence-electron chi connectivity index (χ0n) is 31.0. The van der Waals surface area contributed by atoms with Crippen LogP contribution >= 0.6 is 47.8 Å². The van der Waals surface area contributed by atoms with E-state index in [9.17, 15) is 19.2 Å². The van der Waals surface area contributed by atoms with Gasteiger partial charge in [-0.2, -0.15) is 0 Å². The third-order valence-corrected chi connectivity index (χ3v) is 11.7. The molecular formula is C43H37Br3O10. The van der Waals surface area contributed by atoms with Crippen LogP contribution in [0.5, 0.6) is 11.5 Å². The normalized spacial score (nSPS) is 20.8. The van der Waals surface area contributed by atoms with E-state index in [1.54, 1.807) is 86.6 Å². The Labute approximate surface area is 348 Å². The molecular weight excluding hydrogens is 916 g/mol. The molecule has 10 nitrogen and oxygen atoms in total. The molecule has 5 aromatic rings. The minimum Gasteiger partial charge on any atom is -0.489 e. The maximum absolute atomic E-state index is 14.1. The van der Waals surface area contributed by atoms with Gasteiger partial charge < -0.3 is 28.1 Å². The second kappa shape index (κ2) is 15.8. The van der Waals surface area contributed by atoms with Gasteiger partial charge in [0.25, 0.3) is 0 Å². The molecule has 5 atom stereocenters. The zero-order chi connectivity index (χ0) is 40.1. The van der Waals surface area contributed by atoms with Gasteiger partial charge in [-0.25, -0.2) is 19.2 Å². The SMILES string of the molecule is CCCc1cc(=O)oc2c3c(c4c(c12)OC(C)(C)[C@H](OC(=O)c1ccc(Br)cc1)[C@@H]4OC(=O)c1ccc(Br)cc1)O[C@@H](C)[C@H](C)[C@@H]3OC(=O)c1ccc(Br)cc1. The van der Waals surface area contributed by atoms with Crippen LogP contribution in [-0.4, -0.2) is 35.7 Å². The maximum atomic E-state index is 14.1. The number of fused-ring (bicyclic) bond motifs is 6. The Bertz CT molecular complexity index is 2390. The predicted octanol–water partition coefficient (Wildman–Crippen LogP) is 10.6. The van der Waals surface area contributed by atoms with Crippen LogP contribution in [0.2, 0.25) is 0 Å². The lowest BCUT2D eigenvalue weighted by Gasteiger charge is -2.46. The highest BCUT2D eigenvalue weighted by atomic mass is 79.9. The molecule has 2 aliphatic rings. The van der Waals surface area contributed by atoms with Crippen LogP contribution in [-0.2, 0) is 20.6 Å². The number of aryl methyl sites for hydroxylation is 1. The van der Waals surface area contributed by atoms with Crippen LogP contribution in [0, 0.1) is 5.92 Å². The predicted molar refractivity (Wildman–Crippen MR) is 218 cm³/mol. The van der Waals surface area contributed by atoms with Gasteiger partial charge in [0.2, 0.25) is 0 Å². The summed E-state index contributed by atoms with van der Waals surface area (Å²) in [5.74, 6) is -2.06. The molecule has 0 aliphatic carbocycles. The fourth-order valence-electron chi connectivity index (χ4n) is 7.12. The first-order valence-electron chi connectivity index (χ1n) is 18.1. The summed E-state index contributed by atoms with van der Waals surface area (Å²) in [6.45, 7) is 9.14. The minimum absolute atomic E-state index is 0.126. The van der Waals surface area contributed by atoms with Crippen molar-refractivity contribution in [3.05, 3.63) is 136 Å². The number of rotatable bonds is 8. The molecule has 0 spiro atoms. The van der Waals surface area contributed by atoms with Crippen LogP contribution in [0.25, 0.3) is 11.0 Å². The van der Waals surface area contributed by atoms with Crippen LogP contribution in [0.1, 0.15) is 101 Å². The van der Waals surface area contributed by atoms with Gasteiger partial charge in [-0.15, -0.1) is 0 Å². The fraction of sp³-hybridized carbons (Fsp3) is 0.302. The van der Waals surface area contributed by atoms with Crippen LogP contribution in [0.3, 0.4) is 0 Å². The molecule has 0 amide bonds. The van der Waals surface area contributed by atoms with E-state index in [2.05, 4.69) is 47.8 Å². The molecule has 0 fully saturated rings. The van der Waals surface area contributed by atoms with Crippen LogP contribution < -0.4 is 15.1 Å². The van der Waals surface area contributed by atoms with E-state index in [-0.39, 0.29) is 39.3 Å². The number of carbonyl (C=O) groups is 3. The quantitative estimate of drug-likeness (QED) is 0.0842. The van der Waals surface area contributed by atoms with Gasteiger partial charge in [-0.3, -0.25) is 0 Å². The van der Waals surface area contributed by atoms with Gasteiger partial charge in [0, 0.05) is 25.4 Å². The first-order valence-corrected chi connectivity index (χ1v) is 20.5. The Hall–Kier alpha value is -4.46. The van der Waals surface area contributed by atoms with Gasteiger partial charge in [0.15, 0.2) is 17.8 Å². The first kappa shape index (κ1) is 39.8. The Balaban J connectivity index is 1.49. The van der Waals surface area contributed by atoms with Crippen LogP contribution in [0.4, 0.5) is 0 Å². The van der Waals surface area contributed by atoms with Crippen molar-refractivity contribution in [2.75, 3.05) is 0 Å². The summed E-state index contributed by atoms with van der Waals surface area (Å²) >= 11 is 10.2. The monoisotopic (exact) mass is 950 g/mol. The highest BCUT2D eigenvalue weighted by Crippen LogP contribution is 2.57. The molecule has 2 aliphatic heterocycles. The second-order valence-corrected chi connectivity index (χ2v) is 17.2. The average molecular weight is 953 g/mol. The number of halogens is 3. The Morgan fingerprint density at radius 2 is 1.18 bits per heavy atom. The number of carbonyl (C=O) groups excluding carboxylic acids is 3. The van der Waals surface area contributed by atoms with Crippen molar-refractivity contribution >= 4 is 76.7 Å². The summed E-state index contributed by atoms with van der Waals surface area (Å²) in [6.07, 6.45) is -3.02. The summed E-state index contributed by atoms with van der Waals surface area (Å²) in [6, 6.07) is 21.5. The van der Waals surface area contributed by atoms with Crippen LogP contribution in [0.15, 0.2) is 101 Å². The molecule has 4 aromatic carbocycles. The number of esters is 3. The van der Waals surface area contributed by atoms with Crippen molar-refractivity contribution in [3.63, 3.8) is 0 Å². The molecule has 0 bridgehead atoms. The lowest BCUT2D eigenvalue weighted by molar-refractivity contribution is -0.124. The number of benzene rings is 4. The molecule has 290 valence electrons. The van der Waals surface area contributed by atoms with Crippen molar-refractivity contribution in [3.8, 4) is 11.5 Å². The fourth-order valence-corrected chi connectivity index (χ4v) is 7.91. The van der Waals surface area contributed by atoms with Crippen molar-refractivity contribution in [1.29, 1.82) is 0 Å². The molecule has 0 saturated carbocycles. The molecule has 3 heterocycles. The molecule has 0 unspecified atom stereocenters. The van der Waals surface area contributed by atoms with E-state index in [1.807, 2.05) is 20.8 Å². The molecule has 0 N–H and O–H groups in total. The number of hydrogen-bond donors (Lipinski definition) is 0. The van der Waals surface area contributed by atoms with E-state index in [4.69, 9.17) is 28.1 Å². The average Bonchev–Trinajstić information content (AvgIpc) is 3.15. The Kier molecular flexibility index (Phi) is 11.2. The maximum Gasteiger partial charge on any atom is 0.338 e. The summed E-state index contributed by atoms with van der Waals surface area (Å²) in [5.41, 5.74) is 0.140. The van der Waals surface area contributed by atoms with Crippen molar-refractivity contribution < 1.29 is 42.5 Å². The van der Waals surface area contributed by atoms with Gasteiger partial charge in [-0.05, 0) is 106 Å². The summed E-state index contributed by atoms with van der Waals surface area (Å²) < 4.78 is 41.0. The smallest absolute Gasteiger partial charge is 0.338 e. The van der Waals surface area contributed by atoms with E-state index in [0.29, 0.717) is 29.4 Å². The number of hydrogen-bond acceptors (Lipinski definition) is 10. The van der Waals surface area contributed by atoms with Gasteiger partial charge in [0.05, 0.1) is 33.2 Å². The van der Waals surface area contributed by atoms with Gasteiger partial charge in [0.1, 0.15) is 29.3 Å². The zero-order valence-corrected chi connectivity index (χ0v) is 35.8. The lowest BCUT2D eigenvalue weighted by atomic mass is 9.80. The first-order chi connectivity index (χ1) is 26.7. The Morgan fingerprint density at radius 1 is 0.696 bits per heavy atom. The molecule has 7 rings (SSSR count). The summed E-state index contributed by atoms with van der Waals surface area (Å²) in [4.78, 5) is 55.2. The molecule has 13 heteroatoms. The summed E-state index contributed by atoms with van der Waals surface area (Å²) in [7, 11) is 0. The van der Waals surface area contributed by atoms with E-state index < -0.39 is 59.5 Å². The van der Waals surface area contributed by atoms with Crippen molar-refractivity contribution in [1.82, 2.24) is 0 Å².